The predicted octanol–water partition coefficient (Wildman–Crippen LogP) is 2.65. The van der Waals surface area contributed by atoms with E-state index in [1.807, 2.05) is 6.42 Å². The minimum absolute atomic E-state index is 0.0417. The molecule has 0 aromatic rings. The van der Waals surface area contributed by atoms with Gasteiger partial charge in [-0.3, -0.25) is 57.5 Å². The van der Waals surface area contributed by atoms with E-state index in [4.69, 9.17) is 122 Å². The number of unbranched alkanes of at least 4 members (excludes halogenated alkanes) is 10. The average Bonchev–Trinajstić information content (AvgIpc) is 1.84. The first-order chi connectivity index (χ1) is 53.2. The summed E-state index contributed by atoms with van der Waals surface area (Å²) in [6.45, 7) is 7.88. The predicted molar refractivity (Wildman–Crippen MR) is 385 cm³/mol. The molecule has 2 fully saturated rings. The molecule has 2 aliphatic heterocycles. The second-order valence-electron chi connectivity index (χ2n) is 22.7. The molecule has 0 aliphatic carbocycles. The Morgan fingerprint density at radius 2 is 0.518 bits per heavy atom. The molecule has 0 spiro atoms. The molecule has 644 valence electrons. The summed E-state index contributed by atoms with van der Waals surface area (Å²) in [6, 6.07) is 0. The fourth-order valence-electron chi connectivity index (χ4n) is 7.54. The van der Waals surface area contributed by atoms with Gasteiger partial charge in [-0.25, -0.2) is 0 Å². The zero-order valence-electron chi connectivity index (χ0n) is 64.2. The van der Waals surface area contributed by atoms with Crippen LogP contribution in [0.3, 0.4) is 0 Å². The molecule has 2 rings (SSSR count). The van der Waals surface area contributed by atoms with Gasteiger partial charge in [0.05, 0.1) is 190 Å². The Hall–Kier alpha value is -6.89. The number of ether oxygens (including phenoxy) is 16. The van der Waals surface area contributed by atoms with Gasteiger partial charge in [-0.2, -0.15) is 0 Å². The van der Waals surface area contributed by atoms with Crippen LogP contribution in [0.4, 0.5) is 0 Å². The van der Waals surface area contributed by atoms with Crippen LogP contribution in [0.25, 0.3) is 0 Å². The third kappa shape index (κ3) is 107. The van der Waals surface area contributed by atoms with Crippen molar-refractivity contribution in [2.75, 3.05) is 198 Å². The minimum Gasteiger partial charge on any atom is -0.481 e. The Kier molecular flexibility index (Phi) is 95.9. The molecule has 2 saturated heterocycles. The van der Waals surface area contributed by atoms with Gasteiger partial charge in [-0.1, -0.05) is 19.3 Å². The van der Waals surface area contributed by atoms with Crippen molar-refractivity contribution in [3.05, 3.63) is 6.42 Å². The normalized spacial score (nSPS) is 11.8. The first-order valence-corrected chi connectivity index (χ1v) is 37.4. The Morgan fingerprint density at radius 3 is 0.782 bits per heavy atom. The van der Waals surface area contributed by atoms with Gasteiger partial charge in [0.15, 0.2) is 0 Å². The SMILES string of the molecule is O=C(CCCCCO)OCCOCCOCCOC(=O)CCCCCO.O=C(O)CCC(=O)OCCCCCC(=O)OCCOCCOCCOC(=O)CCCCCOC(=O)CCC(=O)O.O=C(O)CCCCCO.O=C1CCC(=O)O1.O=C1CCC[CH+]CO1.OCCOCCOCCO.OCCOCCOCCO. The molecule has 2 heterocycles. The van der Waals surface area contributed by atoms with E-state index in [0.29, 0.717) is 169 Å². The maximum Gasteiger partial charge on any atom is 0.314 e. The largest absolute Gasteiger partial charge is 0.481 e. The number of cyclic esters (lactones) is 3. The van der Waals surface area contributed by atoms with E-state index in [1.165, 1.54) is 0 Å². The van der Waals surface area contributed by atoms with E-state index < -0.39 is 41.8 Å². The van der Waals surface area contributed by atoms with Crippen molar-refractivity contribution < 1.29 is 184 Å². The lowest BCUT2D eigenvalue weighted by Gasteiger charge is -2.08. The van der Waals surface area contributed by atoms with E-state index in [2.05, 4.69) is 4.74 Å². The second kappa shape index (κ2) is 94.5. The van der Waals surface area contributed by atoms with Gasteiger partial charge in [0.25, 0.3) is 0 Å². The summed E-state index contributed by atoms with van der Waals surface area (Å²) in [5, 5.41) is 83.7. The third-order valence-electron chi connectivity index (χ3n) is 13.1. The lowest BCUT2D eigenvalue weighted by molar-refractivity contribution is -0.152. The van der Waals surface area contributed by atoms with E-state index in [-0.39, 0.29) is 200 Å². The van der Waals surface area contributed by atoms with Crippen LogP contribution in [0, 0.1) is 6.42 Å². The van der Waals surface area contributed by atoms with Crippen LogP contribution in [0.15, 0.2) is 0 Å². The number of carbonyl (C=O) groups is 12. The molecule has 10 N–H and O–H groups in total. The van der Waals surface area contributed by atoms with Gasteiger partial charge >= 0.3 is 71.6 Å². The minimum atomic E-state index is -1.05. The molecule has 0 aromatic carbocycles. The van der Waals surface area contributed by atoms with Crippen molar-refractivity contribution in [3.8, 4) is 0 Å². The van der Waals surface area contributed by atoms with Gasteiger partial charge in [-0.15, -0.1) is 0 Å². The summed E-state index contributed by atoms with van der Waals surface area (Å²) < 4.78 is 79.3. The Bertz CT molecular complexity index is 2040. The summed E-state index contributed by atoms with van der Waals surface area (Å²) in [5.41, 5.74) is 0. The number of aliphatic hydroxyl groups is 7. The molecule has 0 radical (unpaired) electrons. The highest BCUT2D eigenvalue weighted by molar-refractivity contribution is 5.92. The van der Waals surface area contributed by atoms with Crippen molar-refractivity contribution in [3.63, 3.8) is 0 Å². The number of carbonyl (C=O) groups excluding carboxylic acids is 9. The number of carboxylic acid groups (broad SMARTS) is 3. The second-order valence-corrected chi connectivity index (χ2v) is 22.7. The standard InChI is InChI=1S/C26H42O14.C18H34O8.2C6H14O4.C6H12O3.C6H9O2.C4H4O3/c27-21(28)9-11-25(33)37-13-5-1-3-7-23(31)39-19-17-35-15-16-36-18-20-40-24(32)8-4-2-6-14-38-26(34)12-10-22(29)30;19-9-5-1-3-7-17(21)25-15-13-23-11-12-24-14-16-26-18(22)8-4-2-6-10-20;2*7-1-3-9-5-6-10-4-2-8;7-5-3-1-2-4-6(8)9;7-6-4-2-1-3-5-8-6;5-3-1-2-4(6)7-3/h1-20H2,(H,27,28)(H,29,30);19-20H,1-16H2;2*7-8H,1-6H2;7H,1-5H2,(H,8,9);3H,1-2,4-5H2;1-2H2/q;;;;;+1;. The van der Waals surface area contributed by atoms with Crippen LogP contribution >= 0.6 is 0 Å². The molecule has 2 aliphatic rings. The van der Waals surface area contributed by atoms with E-state index in [0.717, 1.165) is 44.9 Å². The number of esters is 9. The molecule has 0 atom stereocenters. The van der Waals surface area contributed by atoms with Crippen molar-refractivity contribution in [2.45, 2.75) is 186 Å². The lowest BCUT2D eigenvalue weighted by Crippen LogP contribution is -2.15. The van der Waals surface area contributed by atoms with Gasteiger partial charge in [0.1, 0.15) is 32.8 Å². The fraction of sp³-hybridized carbons (Fsp3) is 0.819. The summed E-state index contributed by atoms with van der Waals surface area (Å²) in [4.78, 5) is 130. The molecule has 38 heteroatoms. The number of aliphatic hydroxyl groups excluding tert-OH is 7. The highest BCUT2D eigenvalue weighted by Crippen LogP contribution is 2.09. The zero-order valence-corrected chi connectivity index (χ0v) is 64.2. The van der Waals surface area contributed by atoms with Crippen molar-refractivity contribution in [1.82, 2.24) is 0 Å². The molecule has 110 heavy (non-hydrogen) atoms. The van der Waals surface area contributed by atoms with Gasteiger partial charge in [0.2, 0.25) is 6.61 Å². The van der Waals surface area contributed by atoms with Crippen molar-refractivity contribution in [2.24, 2.45) is 0 Å². The summed E-state index contributed by atoms with van der Waals surface area (Å²) in [6.07, 6.45) is 16.0. The Balaban J connectivity index is -0.000000441. The fourth-order valence-corrected chi connectivity index (χ4v) is 7.54. The molecule has 38 nitrogen and oxygen atoms in total. The summed E-state index contributed by atoms with van der Waals surface area (Å²) in [7, 11) is 0. The number of aliphatic carboxylic acids is 3. The summed E-state index contributed by atoms with van der Waals surface area (Å²) >= 11 is 0. The molecule has 0 unspecified atom stereocenters. The first-order valence-electron chi connectivity index (χ1n) is 37.4. The smallest absolute Gasteiger partial charge is 0.314 e. The van der Waals surface area contributed by atoms with Crippen molar-refractivity contribution >= 4 is 71.6 Å². The average molecular weight is 1600 g/mol. The van der Waals surface area contributed by atoms with Gasteiger partial charge < -0.3 is 127 Å². The van der Waals surface area contributed by atoms with E-state index >= 15 is 0 Å². The monoisotopic (exact) mass is 1600 g/mol. The van der Waals surface area contributed by atoms with E-state index in [1.54, 1.807) is 0 Å². The molecule has 0 amide bonds. The molecular formula is C72H129O38+. The van der Waals surface area contributed by atoms with Crippen LogP contribution in [0.5, 0.6) is 0 Å². The topological polar surface area (TPSA) is 555 Å². The van der Waals surface area contributed by atoms with Crippen LogP contribution in [-0.2, 0) is 133 Å². The van der Waals surface area contributed by atoms with Crippen molar-refractivity contribution in [1.29, 1.82) is 0 Å². The molecule has 0 bridgehead atoms. The lowest BCUT2D eigenvalue weighted by atomic mass is 10.2. The van der Waals surface area contributed by atoms with E-state index in [9.17, 15) is 57.5 Å². The quantitative estimate of drug-likeness (QED) is 0.0138. The zero-order chi connectivity index (χ0) is 82.7. The van der Waals surface area contributed by atoms with Crippen LogP contribution in [0.1, 0.15) is 186 Å². The van der Waals surface area contributed by atoms with Crippen LogP contribution < -0.4 is 0 Å². The molecular weight excluding hydrogens is 1470 g/mol. The Morgan fingerprint density at radius 1 is 0.264 bits per heavy atom. The number of hydrogen-bond acceptors (Lipinski definition) is 35. The first kappa shape index (κ1) is 112. The van der Waals surface area contributed by atoms with Crippen LogP contribution in [0.2, 0.25) is 0 Å². The van der Waals surface area contributed by atoms with Gasteiger partial charge in [-0.05, 0) is 83.5 Å². The Labute approximate surface area is 644 Å². The highest BCUT2D eigenvalue weighted by atomic mass is 16.6. The highest BCUT2D eigenvalue weighted by Gasteiger charge is 2.19. The third-order valence-corrected chi connectivity index (χ3v) is 13.1. The molecule has 0 saturated carbocycles. The number of hydrogen-bond donors (Lipinski definition) is 10. The maximum atomic E-state index is 11.7. The summed E-state index contributed by atoms with van der Waals surface area (Å²) in [5.74, 6) is -6.01. The maximum absolute atomic E-state index is 11.7. The van der Waals surface area contributed by atoms with Gasteiger partial charge in [0, 0.05) is 58.3 Å². The number of carboxylic acids is 3. The molecule has 0 aromatic heterocycles. The number of rotatable bonds is 65. The van der Waals surface area contributed by atoms with Crippen LogP contribution in [-0.4, -0.2) is 321 Å².